The summed E-state index contributed by atoms with van der Waals surface area (Å²) in [6.45, 7) is 0.376. The Labute approximate surface area is 187 Å². The molecule has 1 amide bonds. The van der Waals surface area contributed by atoms with Gasteiger partial charge >= 0.3 is 0 Å². The molecule has 1 aliphatic heterocycles. The third-order valence-corrected chi connectivity index (χ3v) is 7.80. The first-order valence-corrected chi connectivity index (χ1v) is 12.5. The zero-order valence-electron chi connectivity index (χ0n) is 17.6. The van der Waals surface area contributed by atoms with E-state index in [0.717, 1.165) is 22.2 Å². The highest BCUT2D eigenvalue weighted by molar-refractivity contribution is 7.91. The van der Waals surface area contributed by atoms with E-state index < -0.39 is 9.84 Å². The second-order valence-electron chi connectivity index (χ2n) is 8.20. The Morgan fingerprint density at radius 3 is 2.53 bits per heavy atom. The fraction of sp³-hybridized carbons (Fsp3) is 0.240. The molecular formula is C25H24N2O4S. The molecule has 2 aromatic heterocycles. The second-order valence-corrected chi connectivity index (χ2v) is 10.4. The molecule has 2 aromatic carbocycles. The van der Waals surface area contributed by atoms with Crippen molar-refractivity contribution in [2.45, 2.75) is 25.6 Å². The molecule has 0 saturated carbocycles. The molecule has 32 heavy (non-hydrogen) atoms. The number of carbonyl (C=O) groups is 1. The lowest BCUT2D eigenvalue weighted by molar-refractivity contribution is -0.134. The van der Waals surface area contributed by atoms with E-state index in [4.69, 9.17) is 4.42 Å². The van der Waals surface area contributed by atoms with Crippen molar-refractivity contribution in [3.05, 3.63) is 84.8 Å². The Bertz CT molecular complexity index is 1340. The van der Waals surface area contributed by atoms with Gasteiger partial charge in [0.25, 0.3) is 0 Å². The van der Waals surface area contributed by atoms with Crippen LogP contribution in [0.4, 0.5) is 0 Å². The maximum Gasteiger partial charge on any atom is 0.243 e. The number of aromatic nitrogens is 1. The molecule has 164 valence electrons. The molecule has 7 heteroatoms. The Balaban J connectivity index is 1.52. The molecule has 1 unspecified atom stereocenters. The maximum atomic E-state index is 13.6. The zero-order valence-corrected chi connectivity index (χ0v) is 18.4. The van der Waals surface area contributed by atoms with E-state index in [-0.39, 0.29) is 36.5 Å². The molecule has 5 rings (SSSR count). The zero-order chi connectivity index (χ0) is 22.1. The molecule has 0 spiro atoms. The molecule has 4 aromatic rings. The average molecular weight is 449 g/mol. The van der Waals surface area contributed by atoms with Gasteiger partial charge in [-0.1, -0.05) is 48.5 Å². The second kappa shape index (κ2) is 8.31. The summed E-state index contributed by atoms with van der Waals surface area (Å²) in [5.74, 6) is 0.629. The van der Waals surface area contributed by atoms with E-state index in [1.807, 2.05) is 65.2 Å². The largest absolute Gasteiger partial charge is 0.467 e. The van der Waals surface area contributed by atoms with Gasteiger partial charge in [0.05, 0.1) is 24.3 Å². The van der Waals surface area contributed by atoms with Gasteiger partial charge in [-0.3, -0.25) is 4.79 Å². The van der Waals surface area contributed by atoms with Crippen molar-refractivity contribution in [2.75, 3.05) is 11.5 Å². The highest BCUT2D eigenvalue weighted by atomic mass is 32.2. The first-order valence-electron chi connectivity index (χ1n) is 10.7. The molecule has 0 aliphatic carbocycles. The highest BCUT2D eigenvalue weighted by Gasteiger charge is 2.35. The van der Waals surface area contributed by atoms with Crippen LogP contribution in [0.2, 0.25) is 0 Å². The van der Waals surface area contributed by atoms with Crippen molar-refractivity contribution in [2.24, 2.45) is 0 Å². The van der Waals surface area contributed by atoms with Crippen LogP contribution in [-0.4, -0.2) is 41.3 Å². The van der Waals surface area contributed by atoms with Crippen LogP contribution in [0.1, 0.15) is 12.2 Å². The number of amides is 1. The quantitative estimate of drug-likeness (QED) is 0.445. The van der Waals surface area contributed by atoms with Gasteiger partial charge in [-0.2, -0.15) is 0 Å². The number of furan rings is 1. The van der Waals surface area contributed by atoms with Crippen LogP contribution in [0.25, 0.3) is 22.2 Å². The number of benzene rings is 2. The van der Waals surface area contributed by atoms with Gasteiger partial charge in [-0.15, -0.1) is 0 Å². The predicted octanol–water partition coefficient (Wildman–Crippen LogP) is 4.12. The number of hydrogen-bond acceptors (Lipinski definition) is 4. The molecule has 0 bridgehead atoms. The summed E-state index contributed by atoms with van der Waals surface area (Å²) < 4.78 is 31.8. The minimum atomic E-state index is -3.13. The molecule has 6 nitrogen and oxygen atoms in total. The number of fused-ring (bicyclic) bond motifs is 1. The van der Waals surface area contributed by atoms with Crippen LogP contribution in [-0.2, 0) is 27.7 Å². The van der Waals surface area contributed by atoms with E-state index in [1.165, 1.54) is 0 Å². The number of sulfone groups is 1. The van der Waals surface area contributed by atoms with E-state index >= 15 is 0 Å². The normalized spacial score (nSPS) is 17.6. The first-order chi connectivity index (χ1) is 15.5. The van der Waals surface area contributed by atoms with Gasteiger partial charge in [0, 0.05) is 22.6 Å². The minimum absolute atomic E-state index is 0.00256. The Hall–Kier alpha value is -3.32. The first kappa shape index (κ1) is 20.6. The number of nitrogens with zero attached hydrogens (tertiary/aromatic N) is 2. The van der Waals surface area contributed by atoms with Crippen molar-refractivity contribution in [1.82, 2.24) is 9.47 Å². The summed E-state index contributed by atoms with van der Waals surface area (Å²) in [7, 11) is -3.13. The average Bonchev–Trinajstić information content (AvgIpc) is 3.52. The van der Waals surface area contributed by atoms with Crippen molar-refractivity contribution in [1.29, 1.82) is 0 Å². The van der Waals surface area contributed by atoms with Gasteiger partial charge < -0.3 is 13.9 Å². The third-order valence-electron chi connectivity index (χ3n) is 6.05. The molecule has 0 radical (unpaired) electrons. The van der Waals surface area contributed by atoms with Gasteiger partial charge in [0.15, 0.2) is 9.84 Å². The van der Waals surface area contributed by atoms with E-state index in [2.05, 4.69) is 6.07 Å². The van der Waals surface area contributed by atoms with Crippen LogP contribution < -0.4 is 0 Å². The molecular weight excluding hydrogens is 424 g/mol. The predicted molar refractivity (Wildman–Crippen MR) is 124 cm³/mol. The molecule has 1 saturated heterocycles. The van der Waals surface area contributed by atoms with Crippen LogP contribution in [0, 0.1) is 0 Å². The number of hydrogen-bond donors (Lipinski definition) is 0. The maximum absolute atomic E-state index is 13.6. The molecule has 1 atom stereocenters. The summed E-state index contributed by atoms with van der Waals surface area (Å²) in [4.78, 5) is 15.3. The van der Waals surface area contributed by atoms with Gasteiger partial charge in [0.2, 0.25) is 5.91 Å². The summed E-state index contributed by atoms with van der Waals surface area (Å²) in [5, 5.41) is 1.06. The topological polar surface area (TPSA) is 72.5 Å². The summed E-state index contributed by atoms with van der Waals surface area (Å²) in [6, 6.07) is 23.3. The number of para-hydroxylation sites is 1. The summed E-state index contributed by atoms with van der Waals surface area (Å²) in [6.07, 6.45) is 2.02. The summed E-state index contributed by atoms with van der Waals surface area (Å²) in [5.41, 5.74) is 2.95. The van der Waals surface area contributed by atoms with E-state index in [9.17, 15) is 13.2 Å². The van der Waals surface area contributed by atoms with Crippen molar-refractivity contribution in [3.8, 4) is 11.3 Å². The molecule has 1 aliphatic rings. The van der Waals surface area contributed by atoms with Crippen molar-refractivity contribution in [3.63, 3.8) is 0 Å². The molecule has 1 fully saturated rings. The Morgan fingerprint density at radius 2 is 1.81 bits per heavy atom. The van der Waals surface area contributed by atoms with Crippen molar-refractivity contribution < 1.29 is 17.6 Å². The van der Waals surface area contributed by atoms with E-state index in [1.54, 1.807) is 17.2 Å². The van der Waals surface area contributed by atoms with Gasteiger partial charge in [-0.05, 0) is 36.2 Å². The molecule has 0 N–H and O–H groups in total. The highest BCUT2D eigenvalue weighted by Crippen LogP contribution is 2.29. The molecule has 3 heterocycles. The smallest absolute Gasteiger partial charge is 0.243 e. The van der Waals surface area contributed by atoms with Crippen molar-refractivity contribution >= 4 is 26.6 Å². The monoisotopic (exact) mass is 448 g/mol. The van der Waals surface area contributed by atoms with Crippen LogP contribution >= 0.6 is 0 Å². The SMILES string of the molecule is O=C(Cn1c(-c2ccccc2)cc2ccccc21)N(Cc1ccco1)C1CCS(=O)(=O)C1. The fourth-order valence-electron chi connectivity index (χ4n) is 4.47. The summed E-state index contributed by atoms with van der Waals surface area (Å²) >= 11 is 0. The van der Waals surface area contributed by atoms with Crippen LogP contribution in [0.5, 0.6) is 0 Å². The minimum Gasteiger partial charge on any atom is -0.467 e. The Morgan fingerprint density at radius 1 is 1.03 bits per heavy atom. The van der Waals surface area contributed by atoms with Gasteiger partial charge in [-0.25, -0.2) is 8.42 Å². The lowest BCUT2D eigenvalue weighted by Gasteiger charge is -2.28. The standard InChI is InChI=1S/C25H24N2O4S/c28-25(26(16-22-10-6-13-31-22)21-12-14-32(29,30)18-21)17-27-23-11-5-4-9-20(23)15-24(27)19-7-2-1-3-8-19/h1-11,13,15,21H,12,14,16-18H2. The lowest BCUT2D eigenvalue weighted by atomic mass is 10.1. The van der Waals surface area contributed by atoms with Crippen LogP contribution in [0.3, 0.4) is 0 Å². The van der Waals surface area contributed by atoms with E-state index in [0.29, 0.717) is 12.2 Å². The Kier molecular flexibility index (Phi) is 5.35. The third kappa shape index (κ3) is 4.08. The number of rotatable bonds is 6. The van der Waals surface area contributed by atoms with Crippen LogP contribution in [0.15, 0.2) is 83.5 Å². The lowest BCUT2D eigenvalue weighted by Crippen LogP contribution is -2.42. The fourth-order valence-corrected chi connectivity index (χ4v) is 6.20. The van der Waals surface area contributed by atoms with Gasteiger partial charge in [0.1, 0.15) is 12.3 Å². The number of carbonyl (C=O) groups excluding carboxylic acids is 1.